The van der Waals surface area contributed by atoms with Crippen molar-refractivity contribution in [3.8, 4) is 0 Å². The van der Waals surface area contributed by atoms with Crippen LogP contribution < -0.4 is 10.0 Å². The smallest absolute Gasteiger partial charge is 0.255 e. The number of carbonyl (C=O) groups is 1. The van der Waals surface area contributed by atoms with Crippen molar-refractivity contribution in [1.82, 2.24) is 4.72 Å². The van der Waals surface area contributed by atoms with Crippen LogP contribution in [-0.2, 0) is 10.0 Å². The van der Waals surface area contributed by atoms with Crippen LogP contribution in [0.3, 0.4) is 0 Å². The largest absolute Gasteiger partial charge is 0.321 e. The molecular weight excluding hydrogens is 372 g/mol. The molecule has 2 N–H and O–H groups in total. The number of aryl methyl sites for hydroxylation is 1. The third-order valence-electron chi connectivity index (χ3n) is 4.36. The average molecular weight is 397 g/mol. The van der Waals surface area contributed by atoms with Crippen molar-refractivity contribution in [2.75, 3.05) is 11.9 Å². The highest BCUT2D eigenvalue weighted by molar-refractivity contribution is 7.89. The number of rotatable bonds is 6. The Morgan fingerprint density at radius 2 is 1.68 bits per heavy atom. The second-order valence-electron chi connectivity index (χ2n) is 7.26. The molecule has 0 spiro atoms. The molecule has 3 aromatic rings. The molecule has 0 saturated heterocycles. The first-order chi connectivity index (χ1) is 13.3. The van der Waals surface area contributed by atoms with Crippen molar-refractivity contribution in [3.05, 3.63) is 71.8 Å². The Hall–Kier alpha value is -2.70. The van der Waals surface area contributed by atoms with Gasteiger partial charge in [0.05, 0.1) is 4.90 Å². The van der Waals surface area contributed by atoms with Gasteiger partial charge in [0.2, 0.25) is 10.0 Å². The molecule has 0 radical (unpaired) electrons. The monoisotopic (exact) mass is 396 g/mol. The molecule has 3 rings (SSSR count). The lowest BCUT2D eigenvalue weighted by molar-refractivity contribution is 0.102. The second-order valence-corrected chi connectivity index (χ2v) is 9.02. The molecule has 3 aromatic carbocycles. The maximum absolute atomic E-state index is 12.7. The van der Waals surface area contributed by atoms with Crippen LogP contribution >= 0.6 is 0 Å². The Balaban J connectivity index is 1.81. The first-order valence-corrected chi connectivity index (χ1v) is 10.6. The van der Waals surface area contributed by atoms with E-state index in [1.54, 1.807) is 0 Å². The standard InChI is InChI=1S/C22H24N2O3S/c1-15(2)14-23-28(26,27)19-10-8-17(9-11-19)22(25)24-21-13-16(3)12-18-6-4-5-7-20(18)21/h4-13,15,23H,14H2,1-3H3,(H,24,25). The second kappa shape index (κ2) is 8.12. The Kier molecular flexibility index (Phi) is 5.82. The number of sulfonamides is 1. The molecule has 0 aliphatic heterocycles. The summed E-state index contributed by atoms with van der Waals surface area (Å²) in [4.78, 5) is 12.8. The summed E-state index contributed by atoms with van der Waals surface area (Å²) in [5, 5.41) is 4.94. The first kappa shape index (κ1) is 20.0. The molecule has 0 unspecified atom stereocenters. The highest BCUT2D eigenvalue weighted by atomic mass is 32.2. The van der Waals surface area contributed by atoms with Crippen LogP contribution in [0.25, 0.3) is 10.8 Å². The van der Waals surface area contributed by atoms with Gasteiger partial charge in [-0.2, -0.15) is 0 Å². The highest BCUT2D eigenvalue weighted by Crippen LogP contribution is 2.26. The third-order valence-corrected chi connectivity index (χ3v) is 5.80. The summed E-state index contributed by atoms with van der Waals surface area (Å²) in [5.74, 6) is -0.0705. The van der Waals surface area contributed by atoms with Crippen LogP contribution in [0.15, 0.2) is 65.6 Å². The third kappa shape index (κ3) is 4.58. The van der Waals surface area contributed by atoms with Gasteiger partial charge in [-0.05, 0) is 54.1 Å². The van der Waals surface area contributed by atoms with Crippen LogP contribution in [0.4, 0.5) is 5.69 Å². The fourth-order valence-electron chi connectivity index (χ4n) is 2.90. The fraction of sp³-hybridized carbons (Fsp3) is 0.227. The molecule has 0 heterocycles. The maximum Gasteiger partial charge on any atom is 0.255 e. The predicted molar refractivity (Wildman–Crippen MR) is 113 cm³/mol. The van der Waals surface area contributed by atoms with Crippen molar-refractivity contribution < 1.29 is 13.2 Å². The summed E-state index contributed by atoms with van der Waals surface area (Å²) < 4.78 is 27.1. The quantitative estimate of drug-likeness (QED) is 0.651. The minimum Gasteiger partial charge on any atom is -0.321 e. The minimum absolute atomic E-state index is 0.144. The Labute approximate surface area is 165 Å². The number of amides is 1. The number of hydrogen-bond donors (Lipinski definition) is 2. The molecule has 28 heavy (non-hydrogen) atoms. The van der Waals surface area contributed by atoms with Crippen molar-refractivity contribution in [3.63, 3.8) is 0 Å². The van der Waals surface area contributed by atoms with Gasteiger partial charge >= 0.3 is 0 Å². The van der Waals surface area contributed by atoms with Crippen LogP contribution in [0, 0.1) is 12.8 Å². The number of benzene rings is 3. The highest BCUT2D eigenvalue weighted by Gasteiger charge is 2.15. The Bertz CT molecular complexity index is 1100. The number of carbonyl (C=O) groups excluding carboxylic acids is 1. The summed E-state index contributed by atoms with van der Waals surface area (Å²) in [5.41, 5.74) is 2.18. The van der Waals surface area contributed by atoms with E-state index in [1.807, 2.05) is 51.1 Å². The summed E-state index contributed by atoms with van der Waals surface area (Å²) in [6.07, 6.45) is 0. The van der Waals surface area contributed by atoms with E-state index in [1.165, 1.54) is 24.3 Å². The normalized spacial score (nSPS) is 11.7. The van der Waals surface area contributed by atoms with E-state index in [0.29, 0.717) is 12.1 Å². The molecule has 1 amide bonds. The lowest BCUT2D eigenvalue weighted by Crippen LogP contribution is -2.27. The van der Waals surface area contributed by atoms with Crippen molar-refractivity contribution in [2.45, 2.75) is 25.7 Å². The van der Waals surface area contributed by atoms with E-state index in [9.17, 15) is 13.2 Å². The van der Waals surface area contributed by atoms with Crippen LogP contribution in [0.5, 0.6) is 0 Å². The van der Waals surface area contributed by atoms with Gasteiger partial charge in [-0.15, -0.1) is 0 Å². The SMILES string of the molecule is Cc1cc(NC(=O)c2ccc(S(=O)(=O)NCC(C)C)cc2)c2ccccc2c1. The molecule has 0 aromatic heterocycles. The van der Waals surface area contributed by atoms with Gasteiger partial charge in [-0.1, -0.05) is 44.2 Å². The minimum atomic E-state index is -3.57. The van der Waals surface area contributed by atoms with Gasteiger partial charge in [-0.3, -0.25) is 4.79 Å². The molecule has 6 heteroatoms. The molecular formula is C22H24N2O3S. The number of hydrogen-bond acceptors (Lipinski definition) is 3. The van der Waals surface area contributed by atoms with E-state index < -0.39 is 10.0 Å². The topological polar surface area (TPSA) is 75.3 Å². The lowest BCUT2D eigenvalue weighted by atomic mass is 10.1. The van der Waals surface area contributed by atoms with Crippen molar-refractivity contribution >= 4 is 32.4 Å². The zero-order valence-corrected chi connectivity index (χ0v) is 17.0. The van der Waals surface area contributed by atoms with Gasteiger partial charge in [-0.25, -0.2) is 13.1 Å². The molecule has 0 saturated carbocycles. The van der Waals surface area contributed by atoms with Gasteiger partial charge in [0.15, 0.2) is 0 Å². The molecule has 0 atom stereocenters. The van der Waals surface area contributed by atoms with Crippen LogP contribution in [-0.4, -0.2) is 20.9 Å². The summed E-state index contributed by atoms with van der Waals surface area (Å²) >= 11 is 0. The van der Waals surface area contributed by atoms with E-state index in [-0.39, 0.29) is 16.7 Å². The van der Waals surface area contributed by atoms with E-state index >= 15 is 0 Å². The molecule has 5 nitrogen and oxygen atoms in total. The predicted octanol–water partition coefficient (Wildman–Crippen LogP) is 4.33. The number of fused-ring (bicyclic) bond motifs is 1. The van der Waals surface area contributed by atoms with Gasteiger partial charge < -0.3 is 5.32 Å². The van der Waals surface area contributed by atoms with Gasteiger partial charge in [0.1, 0.15) is 0 Å². The number of nitrogens with one attached hydrogen (secondary N) is 2. The Morgan fingerprint density at radius 1 is 1.00 bits per heavy atom. The zero-order valence-electron chi connectivity index (χ0n) is 16.2. The molecule has 146 valence electrons. The molecule has 0 bridgehead atoms. The average Bonchev–Trinajstić information content (AvgIpc) is 2.66. The van der Waals surface area contributed by atoms with E-state index in [4.69, 9.17) is 0 Å². The zero-order chi connectivity index (χ0) is 20.3. The van der Waals surface area contributed by atoms with Crippen molar-refractivity contribution in [2.24, 2.45) is 5.92 Å². The summed E-state index contributed by atoms with van der Waals surface area (Å²) in [6, 6.07) is 17.8. The fourth-order valence-corrected chi connectivity index (χ4v) is 4.12. The van der Waals surface area contributed by atoms with Gasteiger partial charge in [0.25, 0.3) is 5.91 Å². The van der Waals surface area contributed by atoms with Crippen LogP contribution in [0.2, 0.25) is 0 Å². The lowest BCUT2D eigenvalue weighted by Gasteiger charge is -2.11. The van der Waals surface area contributed by atoms with Crippen LogP contribution in [0.1, 0.15) is 29.8 Å². The molecule has 0 fully saturated rings. The summed E-state index contributed by atoms with van der Waals surface area (Å²) in [7, 11) is -3.57. The Morgan fingerprint density at radius 3 is 2.36 bits per heavy atom. The summed E-state index contributed by atoms with van der Waals surface area (Å²) in [6.45, 7) is 6.22. The first-order valence-electron chi connectivity index (χ1n) is 9.17. The van der Waals surface area contributed by atoms with E-state index in [2.05, 4.69) is 16.1 Å². The van der Waals surface area contributed by atoms with E-state index in [0.717, 1.165) is 22.0 Å². The molecule has 0 aliphatic rings. The number of anilines is 1. The van der Waals surface area contributed by atoms with Crippen molar-refractivity contribution in [1.29, 1.82) is 0 Å². The maximum atomic E-state index is 12.7. The van der Waals surface area contributed by atoms with Gasteiger partial charge in [0, 0.05) is 23.2 Å². The molecule has 0 aliphatic carbocycles.